The number of thioether (sulfide) groups is 1. The molecular formula is C14H19IN4O3S. The van der Waals surface area contributed by atoms with Gasteiger partial charge < -0.3 is 17.8 Å². The van der Waals surface area contributed by atoms with Crippen molar-refractivity contribution in [2.45, 2.75) is 43.7 Å². The standard InChI is InChI=1S/C14H19IN4O3S/c1-7-9-12(18-13(17-7)23-3)19(6-16-9)8-4-14(2,5-22-15)11(21)10(8)20/h6,8,10-11,20-21H,4-5H2,1-3H3/t8?,10-,11-,14+/m0/s1. The Morgan fingerprint density at radius 2 is 2.22 bits per heavy atom. The molecule has 2 N–H and O–H groups in total. The molecule has 1 aliphatic carbocycles. The van der Waals surface area contributed by atoms with E-state index in [1.165, 1.54) is 11.8 Å². The Morgan fingerprint density at radius 1 is 1.48 bits per heavy atom. The monoisotopic (exact) mass is 450 g/mol. The van der Waals surface area contributed by atoms with E-state index in [1.54, 1.807) is 6.33 Å². The second-order valence-corrected chi connectivity index (χ2v) is 7.63. The molecule has 0 aromatic carbocycles. The molecule has 1 unspecified atom stereocenters. The number of aliphatic hydroxyl groups is 2. The third-order valence-electron chi connectivity index (χ3n) is 4.61. The highest BCUT2D eigenvalue weighted by Crippen LogP contribution is 2.45. The van der Waals surface area contributed by atoms with Crippen LogP contribution >= 0.6 is 34.8 Å². The van der Waals surface area contributed by atoms with Crippen molar-refractivity contribution < 1.29 is 13.3 Å². The van der Waals surface area contributed by atoms with Crippen molar-refractivity contribution in [2.24, 2.45) is 5.41 Å². The predicted octanol–water partition coefficient (Wildman–Crippen LogP) is 1.90. The first-order valence-corrected chi connectivity index (χ1v) is 9.36. The zero-order valence-corrected chi connectivity index (χ0v) is 16.1. The number of aliphatic hydroxyl groups excluding tert-OH is 2. The fraction of sp³-hybridized carbons (Fsp3) is 0.643. The Labute approximate surface area is 152 Å². The van der Waals surface area contributed by atoms with Gasteiger partial charge in [-0.15, -0.1) is 0 Å². The number of aryl methyl sites for hydroxylation is 1. The van der Waals surface area contributed by atoms with E-state index in [1.807, 2.05) is 47.7 Å². The van der Waals surface area contributed by atoms with Crippen LogP contribution in [0.3, 0.4) is 0 Å². The summed E-state index contributed by atoms with van der Waals surface area (Å²) in [4.78, 5) is 13.3. The first kappa shape index (κ1) is 17.3. The van der Waals surface area contributed by atoms with Crippen LogP contribution < -0.4 is 0 Å². The average Bonchev–Trinajstić information content (AvgIpc) is 3.03. The van der Waals surface area contributed by atoms with Crippen LogP contribution in [0.4, 0.5) is 0 Å². The van der Waals surface area contributed by atoms with Gasteiger partial charge in [0.2, 0.25) is 0 Å². The summed E-state index contributed by atoms with van der Waals surface area (Å²) in [6, 6.07) is -0.296. The minimum absolute atomic E-state index is 0.296. The molecular weight excluding hydrogens is 431 g/mol. The average molecular weight is 450 g/mol. The summed E-state index contributed by atoms with van der Waals surface area (Å²) in [5, 5.41) is 21.7. The van der Waals surface area contributed by atoms with Gasteiger partial charge in [-0.2, -0.15) is 0 Å². The highest BCUT2D eigenvalue weighted by atomic mass is 127. The molecule has 2 aromatic heterocycles. The van der Waals surface area contributed by atoms with Crippen LogP contribution in [0.25, 0.3) is 11.2 Å². The van der Waals surface area contributed by atoms with Gasteiger partial charge in [-0.3, -0.25) is 0 Å². The summed E-state index contributed by atoms with van der Waals surface area (Å²) in [5.41, 5.74) is 1.72. The lowest BCUT2D eigenvalue weighted by molar-refractivity contribution is -0.0317. The van der Waals surface area contributed by atoms with Crippen molar-refractivity contribution in [2.75, 3.05) is 12.9 Å². The second-order valence-electron chi connectivity index (χ2n) is 6.23. The highest BCUT2D eigenvalue weighted by molar-refractivity contribution is 14.1. The summed E-state index contributed by atoms with van der Waals surface area (Å²) in [6.07, 6.45) is 2.43. The molecule has 126 valence electrons. The molecule has 0 aliphatic heterocycles. The molecule has 4 atom stereocenters. The molecule has 0 radical (unpaired) electrons. The number of fused-ring (bicyclic) bond motifs is 1. The van der Waals surface area contributed by atoms with Gasteiger partial charge in [0.25, 0.3) is 0 Å². The van der Waals surface area contributed by atoms with E-state index < -0.39 is 17.6 Å². The zero-order chi connectivity index (χ0) is 16.8. The van der Waals surface area contributed by atoms with E-state index >= 15 is 0 Å². The number of aromatic nitrogens is 4. The van der Waals surface area contributed by atoms with E-state index in [9.17, 15) is 10.2 Å². The van der Waals surface area contributed by atoms with Crippen molar-refractivity contribution in [1.82, 2.24) is 19.5 Å². The highest BCUT2D eigenvalue weighted by Gasteiger charge is 2.51. The molecule has 2 heterocycles. The SMILES string of the molecule is CSc1nc(C)c2ncn(C3C[C@](C)(COI)[C@@H](O)[C@H]3O)c2n1. The van der Waals surface area contributed by atoms with Crippen molar-refractivity contribution in [1.29, 1.82) is 0 Å². The number of rotatable bonds is 4. The van der Waals surface area contributed by atoms with Crippen LogP contribution in [0.2, 0.25) is 0 Å². The maximum atomic E-state index is 10.5. The van der Waals surface area contributed by atoms with Gasteiger partial charge in [-0.05, 0) is 19.6 Å². The van der Waals surface area contributed by atoms with E-state index in [2.05, 4.69) is 15.0 Å². The number of imidazole rings is 1. The molecule has 0 bridgehead atoms. The molecule has 7 nitrogen and oxygen atoms in total. The fourth-order valence-electron chi connectivity index (χ4n) is 3.24. The van der Waals surface area contributed by atoms with Gasteiger partial charge in [0.15, 0.2) is 10.8 Å². The Bertz CT molecular complexity index is 727. The maximum Gasteiger partial charge on any atom is 0.189 e. The summed E-state index contributed by atoms with van der Waals surface area (Å²) in [5.74, 6) is 0. The molecule has 9 heteroatoms. The molecule has 1 saturated carbocycles. The molecule has 0 amide bonds. The van der Waals surface area contributed by atoms with Crippen LogP contribution in [0.5, 0.6) is 0 Å². The third kappa shape index (κ3) is 2.86. The van der Waals surface area contributed by atoms with E-state index in [0.717, 1.165) is 11.2 Å². The van der Waals surface area contributed by atoms with Crippen molar-refractivity contribution in [3.63, 3.8) is 0 Å². The van der Waals surface area contributed by atoms with Crippen LogP contribution in [-0.4, -0.2) is 54.8 Å². The summed E-state index contributed by atoms with van der Waals surface area (Å²) >= 11 is 3.28. The van der Waals surface area contributed by atoms with Gasteiger partial charge in [-0.25, -0.2) is 15.0 Å². The first-order chi connectivity index (χ1) is 10.9. The van der Waals surface area contributed by atoms with Crippen LogP contribution in [0.1, 0.15) is 25.1 Å². The topological polar surface area (TPSA) is 93.3 Å². The third-order valence-corrected chi connectivity index (χ3v) is 5.47. The molecule has 0 saturated heterocycles. The normalized spacial score (nSPS) is 31.1. The van der Waals surface area contributed by atoms with Gasteiger partial charge in [-0.1, -0.05) is 18.7 Å². The minimum Gasteiger partial charge on any atom is -0.390 e. The molecule has 23 heavy (non-hydrogen) atoms. The lowest BCUT2D eigenvalue weighted by Gasteiger charge is -2.26. The summed E-state index contributed by atoms with van der Waals surface area (Å²) in [6.45, 7) is 4.19. The molecule has 2 aromatic rings. The van der Waals surface area contributed by atoms with E-state index in [4.69, 9.17) is 3.07 Å². The summed E-state index contributed by atoms with van der Waals surface area (Å²) in [7, 11) is 0. The summed E-state index contributed by atoms with van der Waals surface area (Å²) < 4.78 is 7.06. The largest absolute Gasteiger partial charge is 0.390 e. The van der Waals surface area contributed by atoms with Gasteiger partial charge in [0.1, 0.15) is 34.6 Å². The first-order valence-electron chi connectivity index (χ1n) is 7.26. The Balaban J connectivity index is 2.05. The zero-order valence-electron chi connectivity index (χ0n) is 13.1. The number of hydrogen-bond donors (Lipinski definition) is 2. The number of hydrogen-bond acceptors (Lipinski definition) is 7. The lowest BCUT2D eigenvalue weighted by Crippen LogP contribution is -2.37. The second kappa shape index (κ2) is 6.43. The molecule has 1 fully saturated rings. The van der Waals surface area contributed by atoms with Gasteiger partial charge >= 0.3 is 0 Å². The Hall–Kier alpha value is -0.490. The molecule has 3 rings (SSSR count). The van der Waals surface area contributed by atoms with E-state index in [-0.39, 0.29) is 6.04 Å². The Kier molecular flexibility index (Phi) is 4.85. The molecule has 1 aliphatic rings. The maximum absolute atomic E-state index is 10.5. The number of nitrogens with zero attached hydrogens (tertiary/aromatic N) is 4. The fourth-order valence-corrected chi connectivity index (χ4v) is 4.36. The number of halogens is 1. The quantitative estimate of drug-likeness (QED) is 0.418. The minimum atomic E-state index is -0.892. The smallest absolute Gasteiger partial charge is 0.189 e. The van der Waals surface area contributed by atoms with Gasteiger partial charge in [0, 0.05) is 5.41 Å². The Morgan fingerprint density at radius 3 is 2.87 bits per heavy atom. The van der Waals surface area contributed by atoms with Crippen LogP contribution in [-0.2, 0) is 3.07 Å². The van der Waals surface area contributed by atoms with Crippen LogP contribution in [0.15, 0.2) is 11.5 Å². The lowest BCUT2D eigenvalue weighted by atomic mass is 9.87. The van der Waals surface area contributed by atoms with Crippen LogP contribution in [0, 0.1) is 12.3 Å². The molecule has 0 spiro atoms. The van der Waals surface area contributed by atoms with Gasteiger partial charge in [0.05, 0.1) is 30.8 Å². The predicted molar refractivity (Wildman–Crippen MR) is 95.6 cm³/mol. The van der Waals surface area contributed by atoms with Crippen molar-refractivity contribution in [3.05, 3.63) is 12.0 Å². The van der Waals surface area contributed by atoms with Crippen molar-refractivity contribution >= 4 is 45.9 Å². The van der Waals surface area contributed by atoms with E-state index in [0.29, 0.717) is 23.8 Å². The van der Waals surface area contributed by atoms with Crippen molar-refractivity contribution in [3.8, 4) is 0 Å².